The Kier molecular flexibility index (Phi) is 3.16. The number of aryl methyl sites for hydroxylation is 3. The van der Waals surface area contributed by atoms with Crippen molar-refractivity contribution in [3.05, 3.63) is 68.4 Å². The number of fused-ring (bicyclic) bond motifs is 2. The molecule has 4 aromatic rings. The first-order valence-corrected chi connectivity index (χ1v) is 8.58. The molecule has 23 heavy (non-hydrogen) atoms. The van der Waals surface area contributed by atoms with Gasteiger partial charge in [-0.05, 0) is 66.6 Å². The lowest BCUT2D eigenvalue weighted by Crippen LogP contribution is -2.17. The van der Waals surface area contributed by atoms with Crippen LogP contribution < -0.4 is 5.69 Å². The van der Waals surface area contributed by atoms with E-state index in [1.54, 1.807) is 11.3 Å². The van der Waals surface area contributed by atoms with Crippen LogP contribution in [0.2, 0.25) is 0 Å². The minimum atomic E-state index is -0.0436. The van der Waals surface area contributed by atoms with Crippen molar-refractivity contribution < 1.29 is 0 Å². The molecule has 3 nitrogen and oxygen atoms in total. The number of benzene rings is 2. The maximum atomic E-state index is 12.4. The van der Waals surface area contributed by atoms with Gasteiger partial charge in [0.05, 0.1) is 17.6 Å². The average Bonchev–Trinajstić information content (AvgIpc) is 3.04. The molecule has 2 heterocycles. The lowest BCUT2D eigenvalue weighted by atomic mass is 10.1. The van der Waals surface area contributed by atoms with E-state index in [2.05, 4.69) is 61.5 Å². The third-order valence-corrected chi connectivity index (χ3v) is 5.60. The SMILES string of the molecule is Cc1cc2[nH]c(=O)n(Cc3csc4cccc(C)c34)c2cc1C. The van der Waals surface area contributed by atoms with Crippen molar-refractivity contribution in [2.45, 2.75) is 27.3 Å². The molecule has 2 aromatic carbocycles. The quantitative estimate of drug-likeness (QED) is 0.579. The molecular formula is C19H18N2OS. The molecule has 0 radical (unpaired) electrons. The third-order valence-electron chi connectivity index (χ3n) is 4.60. The number of nitrogens with one attached hydrogen (secondary N) is 1. The number of aromatic nitrogens is 2. The number of aromatic amines is 1. The van der Waals surface area contributed by atoms with Crippen molar-refractivity contribution in [2.75, 3.05) is 0 Å². The molecule has 0 amide bonds. The molecule has 0 saturated carbocycles. The smallest absolute Gasteiger partial charge is 0.306 e. The predicted molar refractivity (Wildman–Crippen MR) is 97.7 cm³/mol. The highest BCUT2D eigenvalue weighted by atomic mass is 32.1. The molecule has 0 unspecified atom stereocenters. The van der Waals surface area contributed by atoms with Crippen LogP contribution in [-0.4, -0.2) is 9.55 Å². The molecule has 0 spiro atoms. The van der Waals surface area contributed by atoms with Crippen LogP contribution in [0.1, 0.15) is 22.3 Å². The first-order chi connectivity index (χ1) is 11.0. The van der Waals surface area contributed by atoms with E-state index in [1.165, 1.54) is 32.3 Å². The van der Waals surface area contributed by atoms with Crippen molar-refractivity contribution in [1.29, 1.82) is 0 Å². The van der Waals surface area contributed by atoms with E-state index in [0.29, 0.717) is 6.54 Å². The lowest BCUT2D eigenvalue weighted by Gasteiger charge is -2.06. The van der Waals surface area contributed by atoms with Crippen molar-refractivity contribution in [1.82, 2.24) is 9.55 Å². The van der Waals surface area contributed by atoms with Gasteiger partial charge < -0.3 is 4.98 Å². The van der Waals surface area contributed by atoms with Gasteiger partial charge in [-0.3, -0.25) is 4.57 Å². The second kappa shape index (κ2) is 5.10. The first-order valence-electron chi connectivity index (χ1n) is 7.70. The largest absolute Gasteiger partial charge is 0.326 e. The summed E-state index contributed by atoms with van der Waals surface area (Å²) < 4.78 is 3.12. The summed E-state index contributed by atoms with van der Waals surface area (Å²) >= 11 is 1.74. The summed E-state index contributed by atoms with van der Waals surface area (Å²) in [5.74, 6) is 0. The number of hydrogen-bond acceptors (Lipinski definition) is 2. The number of hydrogen-bond donors (Lipinski definition) is 1. The Bertz CT molecular complexity index is 1100. The van der Waals surface area contributed by atoms with Gasteiger partial charge in [-0.2, -0.15) is 0 Å². The van der Waals surface area contributed by atoms with Gasteiger partial charge in [-0.1, -0.05) is 12.1 Å². The van der Waals surface area contributed by atoms with Crippen LogP contribution in [0.15, 0.2) is 40.5 Å². The Morgan fingerprint density at radius 3 is 2.70 bits per heavy atom. The lowest BCUT2D eigenvalue weighted by molar-refractivity contribution is 0.793. The molecule has 2 aromatic heterocycles. The van der Waals surface area contributed by atoms with E-state index >= 15 is 0 Å². The maximum absolute atomic E-state index is 12.4. The summed E-state index contributed by atoms with van der Waals surface area (Å²) in [6, 6.07) is 10.5. The summed E-state index contributed by atoms with van der Waals surface area (Å²) in [6.07, 6.45) is 0. The van der Waals surface area contributed by atoms with Gasteiger partial charge in [-0.15, -0.1) is 11.3 Å². The highest BCUT2D eigenvalue weighted by molar-refractivity contribution is 7.17. The first kappa shape index (κ1) is 14.3. The average molecular weight is 322 g/mol. The van der Waals surface area contributed by atoms with Crippen molar-refractivity contribution in [2.24, 2.45) is 0 Å². The molecule has 0 aliphatic heterocycles. The van der Waals surface area contributed by atoms with Crippen LogP contribution in [0.3, 0.4) is 0 Å². The van der Waals surface area contributed by atoms with E-state index in [9.17, 15) is 4.79 Å². The Labute approximate surface area is 138 Å². The minimum Gasteiger partial charge on any atom is -0.306 e. The number of rotatable bonds is 2. The van der Waals surface area contributed by atoms with Crippen LogP contribution in [0.5, 0.6) is 0 Å². The zero-order chi connectivity index (χ0) is 16.1. The maximum Gasteiger partial charge on any atom is 0.326 e. The second-order valence-corrected chi connectivity index (χ2v) is 7.09. The monoisotopic (exact) mass is 322 g/mol. The number of thiophene rings is 1. The number of imidazole rings is 1. The molecular weight excluding hydrogens is 304 g/mol. The van der Waals surface area contributed by atoms with Crippen LogP contribution in [0.4, 0.5) is 0 Å². The predicted octanol–water partition coefficient (Wildman–Crippen LogP) is 4.52. The highest BCUT2D eigenvalue weighted by Crippen LogP contribution is 2.29. The van der Waals surface area contributed by atoms with Gasteiger partial charge in [0.25, 0.3) is 0 Å². The minimum absolute atomic E-state index is 0.0436. The molecule has 0 aliphatic rings. The van der Waals surface area contributed by atoms with E-state index in [-0.39, 0.29) is 5.69 Å². The van der Waals surface area contributed by atoms with Crippen LogP contribution in [-0.2, 0) is 6.54 Å². The van der Waals surface area contributed by atoms with Gasteiger partial charge in [0.1, 0.15) is 0 Å². The fraction of sp³-hybridized carbons (Fsp3) is 0.211. The molecule has 0 fully saturated rings. The molecule has 0 atom stereocenters. The summed E-state index contributed by atoms with van der Waals surface area (Å²) in [6.45, 7) is 6.89. The van der Waals surface area contributed by atoms with Crippen LogP contribution in [0.25, 0.3) is 21.1 Å². The highest BCUT2D eigenvalue weighted by Gasteiger charge is 2.12. The van der Waals surface area contributed by atoms with Gasteiger partial charge >= 0.3 is 5.69 Å². The van der Waals surface area contributed by atoms with Gasteiger partial charge in [-0.25, -0.2) is 4.79 Å². The van der Waals surface area contributed by atoms with E-state index in [1.807, 2.05) is 4.57 Å². The van der Waals surface area contributed by atoms with Crippen LogP contribution in [0, 0.1) is 20.8 Å². The topological polar surface area (TPSA) is 37.8 Å². The Morgan fingerprint density at radius 1 is 1.09 bits per heavy atom. The molecule has 0 saturated heterocycles. The summed E-state index contributed by atoms with van der Waals surface area (Å²) in [5.41, 5.74) is 6.72. The molecule has 1 N–H and O–H groups in total. The van der Waals surface area contributed by atoms with E-state index in [4.69, 9.17) is 0 Å². The van der Waals surface area contributed by atoms with Crippen molar-refractivity contribution in [3.8, 4) is 0 Å². The van der Waals surface area contributed by atoms with Gasteiger partial charge in [0.15, 0.2) is 0 Å². The summed E-state index contributed by atoms with van der Waals surface area (Å²) in [5, 5.41) is 3.45. The molecule has 4 rings (SSSR count). The number of H-pyrrole nitrogens is 1. The Balaban J connectivity index is 1.91. The van der Waals surface area contributed by atoms with E-state index < -0.39 is 0 Å². The van der Waals surface area contributed by atoms with Crippen molar-refractivity contribution >= 4 is 32.5 Å². The zero-order valence-electron chi connectivity index (χ0n) is 13.4. The fourth-order valence-corrected chi connectivity index (χ4v) is 4.23. The normalized spacial score (nSPS) is 11.6. The van der Waals surface area contributed by atoms with Gasteiger partial charge in [0, 0.05) is 10.1 Å². The molecule has 4 heteroatoms. The standard InChI is InChI=1S/C19H18N2OS/c1-11-5-4-6-17-18(11)14(10-23-17)9-21-16-8-13(3)12(2)7-15(16)20-19(21)22/h4-8,10H,9H2,1-3H3,(H,20,22). The molecule has 0 bridgehead atoms. The Hall–Kier alpha value is -2.33. The Morgan fingerprint density at radius 2 is 1.87 bits per heavy atom. The van der Waals surface area contributed by atoms with E-state index in [0.717, 1.165) is 11.0 Å². The molecule has 0 aliphatic carbocycles. The summed E-state index contributed by atoms with van der Waals surface area (Å²) in [4.78, 5) is 15.4. The van der Waals surface area contributed by atoms with Crippen molar-refractivity contribution in [3.63, 3.8) is 0 Å². The summed E-state index contributed by atoms with van der Waals surface area (Å²) in [7, 11) is 0. The van der Waals surface area contributed by atoms with Gasteiger partial charge in [0.2, 0.25) is 0 Å². The van der Waals surface area contributed by atoms with Crippen LogP contribution >= 0.6 is 11.3 Å². The third kappa shape index (κ3) is 2.21. The fourth-order valence-electron chi connectivity index (χ4n) is 3.20. The zero-order valence-corrected chi connectivity index (χ0v) is 14.3. The molecule has 116 valence electrons. The number of nitrogens with zero attached hydrogens (tertiary/aromatic N) is 1. The second-order valence-electron chi connectivity index (χ2n) is 6.18.